The Kier molecular flexibility index (Phi) is 4.98. The molecule has 5 nitrogen and oxygen atoms in total. The van der Waals surface area contributed by atoms with Crippen molar-refractivity contribution in [1.29, 1.82) is 0 Å². The minimum absolute atomic E-state index is 0.0453. The molecule has 3 N–H and O–H groups in total. The molecule has 114 valence electrons. The van der Waals surface area contributed by atoms with Crippen LogP contribution in [0, 0.1) is 0 Å². The normalized spacial score (nSPS) is 12.0. The van der Waals surface area contributed by atoms with Gasteiger partial charge in [0.25, 0.3) is 5.56 Å². The van der Waals surface area contributed by atoms with Crippen LogP contribution in [0.5, 0.6) is 0 Å². The van der Waals surface area contributed by atoms with Gasteiger partial charge in [-0.15, -0.1) is 0 Å². The summed E-state index contributed by atoms with van der Waals surface area (Å²) in [6, 6.07) is 5.01. The van der Waals surface area contributed by atoms with E-state index in [1.54, 1.807) is 18.2 Å². The Bertz CT molecular complexity index is 672. The first-order valence-electron chi connectivity index (χ1n) is 7.08. The van der Waals surface area contributed by atoms with E-state index in [2.05, 4.69) is 15.3 Å². The molecule has 0 aliphatic rings. The summed E-state index contributed by atoms with van der Waals surface area (Å²) in [7, 11) is 0. The van der Waals surface area contributed by atoms with E-state index in [9.17, 15) is 9.90 Å². The Morgan fingerprint density at radius 3 is 2.71 bits per heavy atom. The van der Waals surface area contributed by atoms with E-state index in [-0.39, 0.29) is 17.7 Å². The van der Waals surface area contributed by atoms with Crippen molar-refractivity contribution in [2.75, 3.05) is 6.61 Å². The van der Waals surface area contributed by atoms with Crippen LogP contribution in [0.1, 0.15) is 32.5 Å². The van der Waals surface area contributed by atoms with Crippen LogP contribution >= 0.6 is 11.6 Å². The highest BCUT2D eigenvalue weighted by atomic mass is 35.5. The van der Waals surface area contributed by atoms with Gasteiger partial charge in [-0.25, -0.2) is 4.98 Å². The number of aromatic amines is 1. The summed E-state index contributed by atoms with van der Waals surface area (Å²) in [5, 5.41) is 13.9. The molecular weight excluding hydrogens is 290 g/mol. The molecule has 0 aliphatic carbocycles. The first-order chi connectivity index (χ1) is 10.0. The van der Waals surface area contributed by atoms with Crippen molar-refractivity contribution >= 4 is 22.5 Å². The highest BCUT2D eigenvalue weighted by Gasteiger charge is 2.24. The van der Waals surface area contributed by atoms with Crippen LogP contribution in [0.2, 0.25) is 5.02 Å². The van der Waals surface area contributed by atoms with Gasteiger partial charge in [0, 0.05) is 10.6 Å². The number of aliphatic hydroxyl groups excluding tert-OH is 1. The zero-order valence-corrected chi connectivity index (χ0v) is 13.0. The summed E-state index contributed by atoms with van der Waals surface area (Å²) >= 11 is 5.94. The molecule has 0 amide bonds. The summed E-state index contributed by atoms with van der Waals surface area (Å²) in [5.74, 6) is 0.537. The molecule has 1 aromatic carbocycles. The number of aliphatic hydroxyl groups is 1. The lowest BCUT2D eigenvalue weighted by Crippen LogP contribution is -2.47. The largest absolute Gasteiger partial charge is 0.394 e. The average molecular weight is 310 g/mol. The Morgan fingerprint density at radius 2 is 2.10 bits per heavy atom. The molecule has 0 radical (unpaired) electrons. The highest BCUT2D eigenvalue weighted by Crippen LogP contribution is 2.16. The topological polar surface area (TPSA) is 78.0 Å². The molecule has 0 saturated carbocycles. The van der Waals surface area contributed by atoms with Crippen molar-refractivity contribution in [3.63, 3.8) is 0 Å². The maximum Gasteiger partial charge on any atom is 0.258 e. The summed E-state index contributed by atoms with van der Waals surface area (Å²) in [6.45, 7) is 4.47. The van der Waals surface area contributed by atoms with E-state index < -0.39 is 0 Å². The molecule has 1 aromatic heterocycles. The lowest BCUT2D eigenvalue weighted by Gasteiger charge is -2.30. The van der Waals surface area contributed by atoms with Crippen molar-refractivity contribution in [3.8, 4) is 0 Å². The first kappa shape index (κ1) is 15.9. The van der Waals surface area contributed by atoms with Crippen LogP contribution in [0.25, 0.3) is 10.9 Å². The second-order valence-corrected chi connectivity index (χ2v) is 5.61. The van der Waals surface area contributed by atoms with Gasteiger partial charge in [-0.05, 0) is 31.0 Å². The summed E-state index contributed by atoms with van der Waals surface area (Å²) in [4.78, 5) is 19.2. The third-order valence-electron chi connectivity index (χ3n) is 4.00. The van der Waals surface area contributed by atoms with Crippen molar-refractivity contribution in [3.05, 3.63) is 39.4 Å². The minimum Gasteiger partial charge on any atom is -0.394 e. The number of nitrogens with one attached hydrogen (secondary N) is 2. The summed E-state index contributed by atoms with van der Waals surface area (Å²) < 4.78 is 0. The van der Waals surface area contributed by atoms with Crippen LogP contribution in [0.3, 0.4) is 0 Å². The summed E-state index contributed by atoms with van der Waals surface area (Å²) in [6.07, 6.45) is 1.59. The first-order valence-corrected chi connectivity index (χ1v) is 7.45. The van der Waals surface area contributed by atoms with Gasteiger partial charge in [-0.2, -0.15) is 0 Å². The van der Waals surface area contributed by atoms with E-state index in [0.29, 0.717) is 28.3 Å². The standard InChI is InChI=1S/C15H20ClN3O2/c1-3-15(4-2,9-20)17-8-13-18-12-7-10(16)5-6-11(12)14(21)19-13/h5-7,17,20H,3-4,8-9H2,1-2H3,(H,18,19,21). The lowest BCUT2D eigenvalue weighted by molar-refractivity contribution is 0.148. The third kappa shape index (κ3) is 3.43. The fourth-order valence-corrected chi connectivity index (χ4v) is 2.46. The molecular formula is C15H20ClN3O2. The molecule has 0 spiro atoms. The molecule has 0 fully saturated rings. The van der Waals surface area contributed by atoms with E-state index in [4.69, 9.17) is 11.6 Å². The number of benzene rings is 1. The van der Waals surface area contributed by atoms with Gasteiger partial charge >= 0.3 is 0 Å². The number of rotatable bonds is 6. The van der Waals surface area contributed by atoms with Gasteiger partial charge in [-0.1, -0.05) is 25.4 Å². The van der Waals surface area contributed by atoms with Crippen molar-refractivity contribution in [1.82, 2.24) is 15.3 Å². The van der Waals surface area contributed by atoms with Gasteiger partial charge in [0.05, 0.1) is 24.1 Å². The highest BCUT2D eigenvalue weighted by molar-refractivity contribution is 6.31. The predicted octanol–water partition coefficient (Wildman–Crippen LogP) is 2.22. The lowest BCUT2D eigenvalue weighted by atomic mass is 9.94. The maximum absolute atomic E-state index is 12.0. The van der Waals surface area contributed by atoms with Crippen LogP contribution < -0.4 is 10.9 Å². The third-order valence-corrected chi connectivity index (χ3v) is 4.24. The number of aromatic nitrogens is 2. The van der Waals surface area contributed by atoms with E-state index in [0.717, 1.165) is 12.8 Å². The number of hydrogen-bond acceptors (Lipinski definition) is 4. The van der Waals surface area contributed by atoms with E-state index >= 15 is 0 Å². The molecule has 1 heterocycles. The van der Waals surface area contributed by atoms with Gasteiger partial charge in [0.1, 0.15) is 5.82 Å². The zero-order chi connectivity index (χ0) is 15.5. The smallest absolute Gasteiger partial charge is 0.258 e. The Hall–Kier alpha value is -1.43. The maximum atomic E-state index is 12.0. The fraction of sp³-hybridized carbons (Fsp3) is 0.467. The molecule has 6 heteroatoms. The molecule has 0 saturated heterocycles. The second-order valence-electron chi connectivity index (χ2n) is 5.17. The monoisotopic (exact) mass is 309 g/mol. The van der Waals surface area contributed by atoms with Crippen LogP contribution in [-0.4, -0.2) is 27.2 Å². The molecule has 0 aliphatic heterocycles. The number of fused-ring (bicyclic) bond motifs is 1. The number of nitrogens with zero attached hydrogens (tertiary/aromatic N) is 1. The van der Waals surface area contributed by atoms with Gasteiger partial charge < -0.3 is 15.4 Å². The fourth-order valence-electron chi connectivity index (χ4n) is 2.30. The van der Waals surface area contributed by atoms with E-state index in [1.165, 1.54) is 0 Å². The van der Waals surface area contributed by atoms with Crippen molar-refractivity contribution in [2.24, 2.45) is 0 Å². The number of halogens is 1. The second kappa shape index (κ2) is 6.56. The SMILES string of the molecule is CCC(CC)(CO)NCc1nc2cc(Cl)ccc2c(=O)[nH]1. The minimum atomic E-state index is -0.345. The van der Waals surface area contributed by atoms with Crippen LogP contribution in [0.15, 0.2) is 23.0 Å². The molecule has 0 atom stereocenters. The van der Waals surface area contributed by atoms with Crippen molar-refractivity contribution < 1.29 is 5.11 Å². The predicted molar refractivity (Wildman–Crippen MR) is 84.6 cm³/mol. The molecule has 2 rings (SSSR count). The molecule has 2 aromatic rings. The Balaban J connectivity index is 2.29. The number of H-pyrrole nitrogens is 1. The summed E-state index contributed by atoms with van der Waals surface area (Å²) in [5.41, 5.74) is 0.0451. The van der Waals surface area contributed by atoms with Gasteiger partial charge in [-0.3, -0.25) is 4.79 Å². The Labute approximate surface area is 128 Å². The van der Waals surface area contributed by atoms with E-state index in [1.807, 2.05) is 13.8 Å². The van der Waals surface area contributed by atoms with Gasteiger partial charge in [0.2, 0.25) is 0 Å². The average Bonchev–Trinajstić information content (AvgIpc) is 2.49. The molecule has 21 heavy (non-hydrogen) atoms. The molecule has 0 unspecified atom stereocenters. The Morgan fingerprint density at radius 1 is 1.38 bits per heavy atom. The quantitative estimate of drug-likeness (QED) is 0.764. The van der Waals surface area contributed by atoms with Crippen molar-refractivity contribution in [2.45, 2.75) is 38.8 Å². The van der Waals surface area contributed by atoms with Crippen LogP contribution in [-0.2, 0) is 6.54 Å². The zero-order valence-electron chi connectivity index (χ0n) is 12.2. The number of hydrogen-bond donors (Lipinski definition) is 3. The van der Waals surface area contributed by atoms with Gasteiger partial charge in [0.15, 0.2) is 0 Å². The molecule has 0 bridgehead atoms. The van der Waals surface area contributed by atoms with Crippen LogP contribution in [0.4, 0.5) is 0 Å².